The number of halogens is 2. The van der Waals surface area contributed by atoms with E-state index in [0.29, 0.717) is 0 Å². The Kier molecular flexibility index (Phi) is 4.88. The minimum absolute atomic E-state index is 0.109. The van der Waals surface area contributed by atoms with E-state index >= 15 is 0 Å². The molecule has 2 aromatic rings. The summed E-state index contributed by atoms with van der Waals surface area (Å²) < 4.78 is 32.5. The number of likely N-dealkylation sites (N-methyl/N-ethyl adjacent to an activating group) is 1. The monoisotopic (exact) mass is 293 g/mol. The van der Waals surface area contributed by atoms with Crippen LogP contribution in [0, 0.1) is 11.6 Å². The molecule has 21 heavy (non-hydrogen) atoms. The first-order valence-corrected chi connectivity index (χ1v) is 6.55. The van der Waals surface area contributed by atoms with Gasteiger partial charge in [0.25, 0.3) is 0 Å². The third-order valence-corrected chi connectivity index (χ3v) is 3.46. The van der Waals surface area contributed by atoms with Gasteiger partial charge in [-0.25, -0.2) is 8.78 Å². The van der Waals surface area contributed by atoms with Gasteiger partial charge >= 0.3 is 0 Å². The van der Waals surface area contributed by atoms with Crippen LogP contribution in [0.2, 0.25) is 0 Å². The maximum absolute atomic E-state index is 13.6. The van der Waals surface area contributed by atoms with Crippen LogP contribution in [0.5, 0.6) is 5.75 Å². The van der Waals surface area contributed by atoms with Gasteiger partial charge in [0.2, 0.25) is 0 Å². The van der Waals surface area contributed by atoms with Crippen molar-refractivity contribution in [3.05, 3.63) is 65.7 Å². The first kappa shape index (κ1) is 15.4. The predicted octanol–water partition coefficient (Wildman–Crippen LogP) is 2.45. The zero-order valence-corrected chi connectivity index (χ0v) is 11.6. The molecular formula is C16H17F2NO2. The molecule has 5 heteroatoms. The Bertz CT molecular complexity index is 566. The third kappa shape index (κ3) is 3.20. The molecule has 0 spiro atoms. The Hall–Kier alpha value is -1.98. The van der Waals surface area contributed by atoms with E-state index in [2.05, 4.69) is 5.32 Å². The molecule has 2 rings (SSSR count). The Morgan fingerprint density at radius 2 is 1.67 bits per heavy atom. The van der Waals surface area contributed by atoms with E-state index in [1.54, 1.807) is 7.05 Å². The van der Waals surface area contributed by atoms with E-state index in [1.807, 2.05) is 30.3 Å². The number of benzene rings is 2. The number of rotatable bonds is 6. The van der Waals surface area contributed by atoms with Crippen molar-refractivity contribution in [3.8, 4) is 5.75 Å². The van der Waals surface area contributed by atoms with Crippen molar-refractivity contribution in [3.63, 3.8) is 0 Å². The standard InChI is InChI=1S/C16H17F2NO2/c1-19-16(10-20,12-6-3-2-4-7-12)11-21-15-13(17)8-5-9-14(15)18/h2-9,19-20H,10-11H2,1H3. The summed E-state index contributed by atoms with van der Waals surface area (Å²) in [4.78, 5) is 0. The second-order valence-electron chi connectivity index (χ2n) is 4.70. The molecule has 0 amide bonds. The number of nitrogens with one attached hydrogen (secondary N) is 1. The molecule has 0 fully saturated rings. The molecule has 0 aliphatic carbocycles. The minimum Gasteiger partial charge on any atom is -0.485 e. The Balaban J connectivity index is 2.26. The van der Waals surface area contributed by atoms with E-state index in [1.165, 1.54) is 6.07 Å². The molecule has 0 saturated carbocycles. The van der Waals surface area contributed by atoms with Crippen molar-refractivity contribution >= 4 is 0 Å². The van der Waals surface area contributed by atoms with Crippen molar-refractivity contribution < 1.29 is 18.6 Å². The fraction of sp³-hybridized carbons (Fsp3) is 0.250. The van der Waals surface area contributed by atoms with E-state index in [-0.39, 0.29) is 13.2 Å². The van der Waals surface area contributed by atoms with Crippen LogP contribution in [0.3, 0.4) is 0 Å². The molecule has 2 aromatic carbocycles. The third-order valence-electron chi connectivity index (χ3n) is 3.46. The highest BCUT2D eigenvalue weighted by Crippen LogP contribution is 2.25. The van der Waals surface area contributed by atoms with Gasteiger partial charge in [0, 0.05) is 0 Å². The van der Waals surface area contributed by atoms with E-state index in [9.17, 15) is 13.9 Å². The Labute approximate surface area is 122 Å². The molecular weight excluding hydrogens is 276 g/mol. The zero-order chi connectivity index (χ0) is 15.3. The van der Waals surface area contributed by atoms with Gasteiger partial charge in [0.1, 0.15) is 12.1 Å². The molecule has 0 heterocycles. The summed E-state index contributed by atoms with van der Waals surface area (Å²) in [5, 5.41) is 12.7. The largest absolute Gasteiger partial charge is 0.485 e. The van der Waals surface area contributed by atoms with Crippen molar-refractivity contribution in [2.24, 2.45) is 0 Å². The molecule has 0 radical (unpaired) electrons. The van der Waals surface area contributed by atoms with Gasteiger partial charge in [-0.1, -0.05) is 36.4 Å². The Morgan fingerprint density at radius 1 is 1.05 bits per heavy atom. The predicted molar refractivity (Wildman–Crippen MR) is 76.1 cm³/mol. The van der Waals surface area contributed by atoms with Crippen molar-refractivity contribution in [1.29, 1.82) is 0 Å². The topological polar surface area (TPSA) is 41.5 Å². The molecule has 0 saturated heterocycles. The maximum Gasteiger partial charge on any atom is 0.190 e. The van der Waals surface area contributed by atoms with Crippen LogP contribution in [0.25, 0.3) is 0 Å². The zero-order valence-electron chi connectivity index (χ0n) is 11.6. The SMILES string of the molecule is CNC(CO)(COc1c(F)cccc1F)c1ccccc1. The number of hydrogen-bond acceptors (Lipinski definition) is 3. The van der Waals surface area contributed by atoms with Crippen LogP contribution in [0.1, 0.15) is 5.56 Å². The first-order valence-electron chi connectivity index (χ1n) is 6.55. The normalized spacial score (nSPS) is 13.7. The van der Waals surface area contributed by atoms with Crippen molar-refractivity contribution in [1.82, 2.24) is 5.32 Å². The van der Waals surface area contributed by atoms with Gasteiger partial charge in [-0.3, -0.25) is 0 Å². The quantitative estimate of drug-likeness (QED) is 0.859. The number of para-hydroxylation sites is 1. The summed E-state index contributed by atoms with van der Waals surface area (Å²) in [6.45, 7) is -0.383. The lowest BCUT2D eigenvalue weighted by Crippen LogP contribution is -2.48. The highest BCUT2D eigenvalue weighted by molar-refractivity contribution is 5.28. The number of ether oxygens (including phenoxy) is 1. The molecule has 1 atom stereocenters. The summed E-state index contributed by atoms with van der Waals surface area (Å²) >= 11 is 0. The van der Waals surface area contributed by atoms with Crippen molar-refractivity contribution in [2.45, 2.75) is 5.54 Å². The second-order valence-corrected chi connectivity index (χ2v) is 4.70. The fourth-order valence-electron chi connectivity index (χ4n) is 2.09. The van der Waals surface area contributed by atoms with Gasteiger partial charge in [0.15, 0.2) is 17.4 Å². The van der Waals surface area contributed by atoms with Gasteiger partial charge in [-0.2, -0.15) is 0 Å². The summed E-state index contributed by atoms with van der Waals surface area (Å²) in [5.74, 6) is -1.99. The molecule has 112 valence electrons. The lowest BCUT2D eigenvalue weighted by Gasteiger charge is -2.32. The lowest BCUT2D eigenvalue weighted by atomic mass is 9.92. The van der Waals surface area contributed by atoms with E-state index in [0.717, 1.165) is 17.7 Å². The van der Waals surface area contributed by atoms with Gasteiger partial charge in [-0.05, 0) is 24.7 Å². The van der Waals surface area contributed by atoms with Crippen LogP contribution >= 0.6 is 0 Å². The van der Waals surface area contributed by atoms with Crippen LogP contribution in [0.15, 0.2) is 48.5 Å². The lowest BCUT2D eigenvalue weighted by molar-refractivity contribution is 0.103. The number of aliphatic hydroxyl groups excluding tert-OH is 1. The average Bonchev–Trinajstić information content (AvgIpc) is 2.52. The molecule has 0 aliphatic heterocycles. The first-order chi connectivity index (χ1) is 10.1. The Morgan fingerprint density at radius 3 is 2.19 bits per heavy atom. The van der Waals surface area contributed by atoms with Gasteiger partial charge < -0.3 is 15.2 Å². The summed E-state index contributed by atoms with van der Waals surface area (Å²) in [6.07, 6.45) is 0. The highest BCUT2D eigenvalue weighted by atomic mass is 19.1. The second kappa shape index (κ2) is 6.65. The fourth-order valence-corrected chi connectivity index (χ4v) is 2.09. The molecule has 1 unspecified atom stereocenters. The number of hydrogen-bond donors (Lipinski definition) is 2. The van der Waals surface area contributed by atoms with Crippen LogP contribution in [0.4, 0.5) is 8.78 Å². The van der Waals surface area contributed by atoms with Crippen molar-refractivity contribution in [2.75, 3.05) is 20.3 Å². The minimum atomic E-state index is -0.935. The van der Waals surface area contributed by atoms with Crippen LogP contribution in [-0.4, -0.2) is 25.4 Å². The smallest absolute Gasteiger partial charge is 0.190 e. The van der Waals surface area contributed by atoms with Gasteiger partial charge in [0.05, 0.1) is 6.61 Å². The highest BCUT2D eigenvalue weighted by Gasteiger charge is 2.31. The summed E-state index contributed by atoms with van der Waals surface area (Å²) in [6, 6.07) is 12.6. The van der Waals surface area contributed by atoms with Gasteiger partial charge in [-0.15, -0.1) is 0 Å². The molecule has 2 N–H and O–H groups in total. The van der Waals surface area contributed by atoms with E-state index in [4.69, 9.17) is 4.74 Å². The maximum atomic E-state index is 13.6. The molecule has 3 nitrogen and oxygen atoms in total. The summed E-state index contributed by atoms with van der Waals surface area (Å²) in [7, 11) is 1.66. The van der Waals surface area contributed by atoms with Crippen LogP contribution < -0.4 is 10.1 Å². The van der Waals surface area contributed by atoms with Crippen LogP contribution in [-0.2, 0) is 5.54 Å². The molecule has 0 bridgehead atoms. The van der Waals surface area contributed by atoms with E-state index < -0.39 is 22.9 Å². The summed E-state index contributed by atoms with van der Waals surface area (Å²) in [5.41, 5.74) is -0.164. The molecule has 0 aliphatic rings. The molecule has 0 aromatic heterocycles. The number of aliphatic hydroxyl groups is 1. The average molecular weight is 293 g/mol.